The monoisotopic (exact) mass is 389 g/mol. The number of hydrogen-bond donors (Lipinski definition) is 1. The topological polar surface area (TPSA) is 64.6 Å². The fourth-order valence-corrected chi connectivity index (χ4v) is 2.51. The summed E-state index contributed by atoms with van der Waals surface area (Å²) in [5.74, 6) is -0.0949. The van der Waals surface area contributed by atoms with Crippen molar-refractivity contribution < 1.29 is 19.1 Å². The summed E-state index contributed by atoms with van der Waals surface area (Å²) in [5.41, 5.74) is 1.03. The molecule has 6 heteroatoms. The van der Waals surface area contributed by atoms with Crippen LogP contribution in [0.4, 0.5) is 5.69 Å². The van der Waals surface area contributed by atoms with Crippen molar-refractivity contribution in [1.29, 1.82) is 0 Å². The van der Waals surface area contributed by atoms with Crippen molar-refractivity contribution in [2.75, 3.05) is 11.9 Å². The van der Waals surface area contributed by atoms with Gasteiger partial charge in [0.25, 0.3) is 5.91 Å². The lowest BCUT2D eigenvalue weighted by molar-refractivity contribution is -0.122. The molecule has 0 aliphatic heterocycles. The molecule has 2 rings (SSSR count). The average Bonchev–Trinajstić information content (AvgIpc) is 2.66. The number of amides is 1. The fraction of sp³-hybridized carbons (Fsp3) is 0.333. The molecule has 0 fully saturated rings. The van der Waals surface area contributed by atoms with Crippen LogP contribution < -0.4 is 10.1 Å². The highest BCUT2D eigenvalue weighted by atomic mass is 35.5. The molecule has 0 heterocycles. The van der Waals surface area contributed by atoms with Gasteiger partial charge in [-0.2, -0.15) is 0 Å². The molecule has 1 atom stereocenters. The number of ether oxygens (including phenoxy) is 2. The normalized spacial score (nSPS) is 11.5. The predicted octanol–water partition coefficient (Wildman–Crippen LogP) is 5.09. The highest BCUT2D eigenvalue weighted by Gasteiger charge is 2.19. The van der Waals surface area contributed by atoms with Gasteiger partial charge in [0.05, 0.1) is 12.2 Å². The van der Waals surface area contributed by atoms with E-state index in [0.29, 0.717) is 35.1 Å². The maximum atomic E-state index is 12.5. The second-order valence-electron chi connectivity index (χ2n) is 6.03. The standard InChI is InChI=1S/C21H24ClNO4/c1-3-5-13-26-21(25)15-9-11-17(12-10-15)23-20(24)19(4-2)27-18-8-6-7-16(22)14-18/h6-12,14,19H,3-5,13H2,1-2H3,(H,23,24)/t19-/m0/s1. The molecular weight excluding hydrogens is 366 g/mol. The fourth-order valence-electron chi connectivity index (χ4n) is 2.33. The Labute approximate surface area is 164 Å². The van der Waals surface area contributed by atoms with Crippen molar-refractivity contribution in [3.8, 4) is 5.75 Å². The van der Waals surface area contributed by atoms with E-state index >= 15 is 0 Å². The van der Waals surface area contributed by atoms with Gasteiger partial charge in [0.1, 0.15) is 5.75 Å². The molecule has 5 nitrogen and oxygen atoms in total. The molecule has 144 valence electrons. The summed E-state index contributed by atoms with van der Waals surface area (Å²) in [7, 11) is 0. The van der Waals surface area contributed by atoms with Gasteiger partial charge in [-0.05, 0) is 55.3 Å². The Morgan fingerprint density at radius 3 is 2.48 bits per heavy atom. The summed E-state index contributed by atoms with van der Waals surface area (Å²) < 4.78 is 10.9. The number of unbranched alkanes of at least 4 members (excludes halogenated alkanes) is 1. The maximum Gasteiger partial charge on any atom is 0.338 e. The molecule has 1 amide bonds. The number of anilines is 1. The van der Waals surface area contributed by atoms with E-state index < -0.39 is 6.10 Å². The van der Waals surface area contributed by atoms with Gasteiger partial charge in [-0.3, -0.25) is 4.79 Å². The van der Waals surface area contributed by atoms with Gasteiger partial charge in [0, 0.05) is 10.7 Å². The van der Waals surface area contributed by atoms with Crippen LogP contribution in [0.5, 0.6) is 5.75 Å². The molecular formula is C21H24ClNO4. The van der Waals surface area contributed by atoms with Gasteiger partial charge in [0.2, 0.25) is 0 Å². The lowest BCUT2D eigenvalue weighted by Crippen LogP contribution is -2.32. The maximum absolute atomic E-state index is 12.5. The van der Waals surface area contributed by atoms with Crippen LogP contribution >= 0.6 is 11.6 Å². The van der Waals surface area contributed by atoms with Crippen molar-refractivity contribution in [3.63, 3.8) is 0 Å². The number of hydrogen-bond acceptors (Lipinski definition) is 4. The summed E-state index contributed by atoms with van der Waals surface area (Å²) in [4.78, 5) is 24.4. The minimum atomic E-state index is -0.651. The molecule has 0 aliphatic carbocycles. The molecule has 1 N–H and O–H groups in total. The van der Waals surface area contributed by atoms with Gasteiger partial charge >= 0.3 is 5.97 Å². The molecule has 0 radical (unpaired) electrons. The van der Waals surface area contributed by atoms with Crippen LogP contribution in [0, 0.1) is 0 Å². The second kappa shape index (κ2) is 10.6. The minimum absolute atomic E-state index is 0.268. The van der Waals surface area contributed by atoms with Crippen LogP contribution in [0.15, 0.2) is 48.5 Å². The Hall–Kier alpha value is -2.53. The third-order valence-electron chi connectivity index (χ3n) is 3.86. The van der Waals surface area contributed by atoms with E-state index in [1.54, 1.807) is 48.5 Å². The summed E-state index contributed by atoms with van der Waals surface area (Å²) in [6.07, 6.45) is 1.65. The largest absolute Gasteiger partial charge is 0.481 e. The van der Waals surface area contributed by atoms with Crippen LogP contribution in [-0.2, 0) is 9.53 Å². The molecule has 0 saturated carbocycles. The van der Waals surface area contributed by atoms with Crippen LogP contribution in [0.1, 0.15) is 43.5 Å². The number of carbonyl (C=O) groups is 2. The first kappa shape index (κ1) is 20.8. The lowest BCUT2D eigenvalue weighted by atomic mass is 10.2. The Morgan fingerprint density at radius 2 is 1.85 bits per heavy atom. The zero-order valence-electron chi connectivity index (χ0n) is 15.5. The zero-order chi connectivity index (χ0) is 19.6. The Morgan fingerprint density at radius 1 is 1.11 bits per heavy atom. The Kier molecular flexibility index (Phi) is 8.14. The zero-order valence-corrected chi connectivity index (χ0v) is 16.3. The number of nitrogens with one attached hydrogen (secondary N) is 1. The van der Waals surface area contributed by atoms with Gasteiger partial charge < -0.3 is 14.8 Å². The first-order valence-electron chi connectivity index (χ1n) is 9.03. The molecule has 0 bridgehead atoms. The quantitative estimate of drug-likeness (QED) is 0.479. The first-order valence-corrected chi connectivity index (χ1v) is 9.41. The van der Waals surface area contributed by atoms with E-state index in [1.807, 2.05) is 13.8 Å². The van der Waals surface area contributed by atoms with E-state index in [2.05, 4.69) is 5.32 Å². The van der Waals surface area contributed by atoms with Crippen molar-refractivity contribution in [2.45, 2.75) is 39.2 Å². The number of rotatable bonds is 9. The van der Waals surface area contributed by atoms with Crippen LogP contribution in [-0.4, -0.2) is 24.6 Å². The Bertz CT molecular complexity index is 761. The van der Waals surface area contributed by atoms with Crippen molar-refractivity contribution in [1.82, 2.24) is 0 Å². The van der Waals surface area contributed by atoms with E-state index in [0.717, 1.165) is 12.8 Å². The van der Waals surface area contributed by atoms with Crippen LogP contribution in [0.3, 0.4) is 0 Å². The van der Waals surface area contributed by atoms with Gasteiger partial charge in [-0.15, -0.1) is 0 Å². The Balaban J connectivity index is 1.94. The van der Waals surface area contributed by atoms with Gasteiger partial charge in [-0.25, -0.2) is 4.79 Å². The molecule has 0 saturated heterocycles. The predicted molar refractivity (Wildman–Crippen MR) is 106 cm³/mol. The molecule has 2 aromatic carbocycles. The SMILES string of the molecule is CCCCOC(=O)c1ccc(NC(=O)[C@H](CC)Oc2cccc(Cl)c2)cc1. The molecule has 27 heavy (non-hydrogen) atoms. The smallest absolute Gasteiger partial charge is 0.338 e. The second-order valence-corrected chi connectivity index (χ2v) is 6.46. The van der Waals surface area contributed by atoms with Crippen molar-refractivity contribution in [3.05, 3.63) is 59.1 Å². The third-order valence-corrected chi connectivity index (χ3v) is 4.09. The first-order chi connectivity index (χ1) is 13.0. The number of carbonyl (C=O) groups excluding carboxylic acids is 2. The summed E-state index contributed by atoms with van der Waals surface area (Å²) in [5, 5.41) is 3.34. The molecule has 0 unspecified atom stereocenters. The number of benzene rings is 2. The van der Waals surface area contributed by atoms with Crippen LogP contribution in [0.2, 0.25) is 5.02 Å². The average molecular weight is 390 g/mol. The molecule has 0 aliphatic rings. The summed E-state index contributed by atoms with van der Waals surface area (Å²) >= 11 is 5.94. The summed E-state index contributed by atoms with van der Waals surface area (Å²) in [6.45, 7) is 4.31. The van der Waals surface area contributed by atoms with Gasteiger partial charge in [-0.1, -0.05) is 37.9 Å². The van der Waals surface area contributed by atoms with E-state index in [-0.39, 0.29) is 11.9 Å². The minimum Gasteiger partial charge on any atom is -0.481 e. The number of halogens is 1. The lowest BCUT2D eigenvalue weighted by Gasteiger charge is -2.17. The molecule has 0 spiro atoms. The molecule has 0 aromatic heterocycles. The highest BCUT2D eigenvalue weighted by Crippen LogP contribution is 2.20. The summed E-state index contributed by atoms with van der Waals surface area (Å²) in [6, 6.07) is 13.5. The van der Waals surface area contributed by atoms with E-state index in [9.17, 15) is 9.59 Å². The number of esters is 1. The van der Waals surface area contributed by atoms with E-state index in [1.165, 1.54) is 0 Å². The van der Waals surface area contributed by atoms with E-state index in [4.69, 9.17) is 21.1 Å². The van der Waals surface area contributed by atoms with Crippen LogP contribution in [0.25, 0.3) is 0 Å². The van der Waals surface area contributed by atoms with Crippen molar-refractivity contribution in [2.24, 2.45) is 0 Å². The van der Waals surface area contributed by atoms with Crippen molar-refractivity contribution >= 4 is 29.2 Å². The van der Waals surface area contributed by atoms with Gasteiger partial charge in [0.15, 0.2) is 6.10 Å². The highest BCUT2D eigenvalue weighted by molar-refractivity contribution is 6.30. The molecule has 2 aromatic rings. The third kappa shape index (κ3) is 6.61.